The van der Waals surface area contributed by atoms with Crippen molar-refractivity contribution in [3.63, 3.8) is 0 Å². The number of benzene rings is 3. The SMILES string of the molecule is O=C(O)Cc1cccc(CSc2cccc3c2CN(c2ccc(C(F)(F)F)cc2)C3=O)c1. The maximum Gasteiger partial charge on any atom is 0.416 e. The van der Waals surface area contributed by atoms with Crippen LogP contribution in [0.1, 0.15) is 32.6 Å². The lowest BCUT2D eigenvalue weighted by molar-refractivity contribution is -0.138. The van der Waals surface area contributed by atoms with Gasteiger partial charge in [-0.05, 0) is 53.1 Å². The Morgan fingerprint density at radius 1 is 1.00 bits per heavy atom. The molecule has 0 radical (unpaired) electrons. The molecule has 1 heterocycles. The van der Waals surface area contributed by atoms with Gasteiger partial charge in [0.1, 0.15) is 0 Å². The molecule has 3 aromatic carbocycles. The van der Waals surface area contributed by atoms with Gasteiger partial charge in [-0.2, -0.15) is 13.2 Å². The van der Waals surface area contributed by atoms with Gasteiger partial charge in [-0.1, -0.05) is 30.3 Å². The Balaban J connectivity index is 1.52. The minimum atomic E-state index is -4.43. The van der Waals surface area contributed by atoms with Gasteiger partial charge in [-0.25, -0.2) is 0 Å². The monoisotopic (exact) mass is 457 g/mol. The molecule has 8 heteroatoms. The molecular weight excluding hydrogens is 439 g/mol. The first-order valence-corrected chi connectivity index (χ1v) is 10.7. The lowest BCUT2D eigenvalue weighted by atomic mass is 10.1. The molecule has 1 amide bonds. The molecule has 4 nitrogen and oxygen atoms in total. The third-order valence-electron chi connectivity index (χ3n) is 5.17. The Bertz CT molecular complexity index is 1180. The van der Waals surface area contributed by atoms with Crippen LogP contribution in [0.2, 0.25) is 0 Å². The number of anilines is 1. The van der Waals surface area contributed by atoms with Crippen molar-refractivity contribution in [2.45, 2.75) is 29.8 Å². The Labute approximate surface area is 186 Å². The zero-order valence-corrected chi connectivity index (χ0v) is 17.5. The fraction of sp³-hybridized carbons (Fsp3) is 0.167. The highest BCUT2D eigenvalue weighted by molar-refractivity contribution is 7.98. The van der Waals surface area contributed by atoms with E-state index in [0.717, 1.165) is 33.7 Å². The van der Waals surface area contributed by atoms with Gasteiger partial charge in [0.25, 0.3) is 5.91 Å². The lowest BCUT2D eigenvalue weighted by Crippen LogP contribution is -2.23. The quantitative estimate of drug-likeness (QED) is 0.477. The number of amides is 1. The Morgan fingerprint density at radius 2 is 1.69 bits per heavy atom. The van der Waals surface area contributed by atoms with Crippen molar-refractivity contribution in [1.82, 2.24) is 0 Å². The van der Waals surface area contributed by atoms with Gasteiger partial charge in [0.2, 0.25) is 0 Å². The zero-order chi connectivity index (χ0) is 22.9. The Kier molecular flexibility index (Phi) is 5.97. The minimum absolute atomic E-state index is 0.0458. The molecular formula is C24H18F3NO3S. The van der Waals surface area contributed by atoms with Gasteiger partial charge in [0.15, 0.2) is 0 Å². The number of hydrogen-bond acceptors (Lipinski definition) is 3. The summed E-state index contributed by atoms with van der Waals surface area (Å²) in [7, 11) is 0. The summed E-state index contributed by atoms with van der Waals surface area (Å²) in [6, 6.07) is 17.4. The molecule has 0 fully saturated rings. The molecule has 1 N–H and O–H groups in total. The number of carboxylic acid groups (broad SMARTS) is 1. The van der Waals surface area contributed by atoms with E-state index in [-0.39, 0.29) is 18.9 Å². The van der Waals surface area contributed by atoms with Crippen molar-refractivity contribution in [3.8, 4) is 0 Å². The third-order valence-corrected chi connectivity index (χ3v) is 6.34. The molecule has 32 heavy (non-hydrogen) atoms. The van der Waals surface area contributed by atoms with E-state index >= 15 is 0 Å². The van der Waals surface area contributed by atoms with Crippen molar-refractivity contribution in [3.05, 3.63) is 94.5 Å². The smallest absolute Gasteiger partial charge is 0.416 e. The van der Waals surface area contributed by atoms with Crippen LogP contribution in [0.25, 0.3) is 0 Å². The van der Waals surface area contributed by atoms with Gasteiger partial charge in [0, 0.05) is 21.9 Å². The number of thioether (sulfide) groups is 1. The van der Waals surface area contributed by atoms with Crippen LogP contribution in [-0.4, -0.2) is 17.0 Å². The molecule has 0 aliphatic carbocycles. The first-order chi connectivity index (χ1) is 15.2. The number of hydrogen-bond donors (Lipinski definition) is 1. The van der Waals surface area contributed by atoms with Crippen molar-refractivity contribution in [1.29, 1.82) is 0 Å². The summed E-state index contributed by atoms with van der Waals surface area (Å²) in [6.07, 6.45) is -4.47. The molecule has 1 aliphatic rings. The second-order valence-electron chi connectivity index (χ2n) is 7.40. The van der Waals surface area contributed by atoms with E-state index in [1.807, 2.05) is 24.3 Å². The molecule has 164 valence electrons. The largest absolute Gasteiger partial charge is 0.481 e. The Morgan fingerprint density at radius 3 is 2.38 bits per heavy atom. The zero-order valence-electron chi connectivity index (χ0n) is 16.7. The molecule has 4 rings (SSSR count). The molecule has 0 bridgehead atoms. The fourth-order valence-corrected chi connectivity index (χ4v) is 4.67. The van der Waals surface area contributed by atoms with Gasteiger partial charge in [-0.3, -0.25) is 9.59 Å². The number of fused-ring (bicyclic) bond motifs is 1. The van der Waals surface area contributed by atoms with E-state index in [9.17, 15) is 22.8 Å². The molecule has 0 atom stereocenters. The van der Waals surface area contributed by atoms with Crippen LogP contribution >= 0.6 is 11.8 Å². The predicted octanol–water partition coefficient (Wildman–Crippen LogP) is 5.79. The highest BCUT2D eigenvalue weighted by Crippen LogP contribution is 2.37. The number of carbonyl (C=O) groups is 2. The first-order valence-electron chi connectivity index (χ1n) is 9.76. The van der Waals surface area contributed by atoms with E-state index in [0.29, 0.717) is 17.0 Å². The van der Waals surface area contributed by atoms with Crippen molar-refractivity contribution >= 4 is 29.3 Å². The molecule has 0 saturated heterocycles. The number of carbonyl (C=O) groups excluding carboxylic acids is 1. The Hall–Kier alpha value is -3.26. The number of alkyl halides is 3. The van der Waals surface area contributed by atoms with Crippen LogP contribution in [-0.2, 0) is 29.7 Å². The molecule has 0 unspecified atom stereocenters. The van der Waals surface area contributed by atoms with E-state index in [1.54, 1.807) is 18.2 Å². The number of aliphatic carboxylic acids is 1. The van der Waals surface area contributed by atoms with Crippen molar-refractivity contribution in [2.24, 2.45) is 0 Å². The fourth-order valence-electron chi connectivity index (χ4n) is 3.64. The highest BCUT2D eigenvalue weighted by Gasteiger charge is 2.33. The minimum Gasteiger partial charge on any atom is -0.481 e. The standard InChI is InChI=1S/C24H18F3NO3S/c25-24(26,27)17-7-9-18(10-8-17)28-13-20-19(23(28)31)5-2-6-21(20)32-14-16-4-1-3-15(11-16)12-22(29)30/h1-11H,12-14H2,(H,29,30). The van der Waals surface area contributed by atoms with E-state index in [2.05, 4.69) is 0 Å². The normalized spacial score (nSPS) is 13.3. The average molecular weight is 457 g/mol. The van der Waals surface area contributed by atoms with E-state index in [4.69, 9.17) is 5.11 Å². The van der Waals surface area contributed by atoms with Gasteiger partial charge < -0.3 is 10.0 Å². The van der Waals surface area contributed by atoms with Crippen molar-refractivity contribution in [2.75, 3.05) is 4.90 Å². The number of rotatable bonds is 6. The summed E-state index contributed by atoms with van der Waals surface area (Å²) in [6.45, 7) is 0.280. The highest BCUT2D eigenvalue weighted by atomic mass is 32.2. The third kappa shape index (κ3) is 4.65. The van der Waals surface area contributed by atoms with Crippen LogP contribution in [0.3, 0.4) is 0 Å². The van der Waals surface area contributed by atoms with E-state index < -0.39 is 17.7 Å². The second-order valence-corrected chi connectivity index (χ2v) is 8.41. The maximum absolute atomic E-state index is 12.9. The van der Waals surface area contributed by atoms with Crippen LogP contribution in [0.15, 0.2) is 71.6 Å². The summed E-state index contributed by atoms with van der Waals surface area (Å²) in [5.41, 5.74) is 2.72. The molecule has 0 saturated carbocycles. The maximum atomic E-state index is 12.9. The molecule has 1 aliphatic heterocycles. The molecule has 0 spiro atoms. The summed E-state index contributed by atoms with van der Waals surface area (Å²) >= 11 is 1.54. The summed E-state index contributed by atoms with van der Waals surface area (Å²) in [5, 5.41) is 8.97. The van der Waals surface area contributed by atoms with Gasteiger partial charge >= 0.3 is 12.1 Å². The molecule has 3 aromatic rings. The van der Waals surface area contributed by atoms with Gasteiger partial charge in [0.05, 0.1) is 18.5 Å². The second kappa shape index (κ2) is 8.70. The predicted molar refractivity (Wildman–Crippen MR) is 116 cm³/mol. The summed E-state index contributed by atoms with van der Waals surface area (Å²) in [5.74, 6) is -0.540. The first kappa shape index (κ1) is 22.0. The summed E-state index contributed by atoms with van der Waals surface area (Å²) in [4.78, 5) is 26.2. The van der Waals surface area contributed by atoms with Gasteiger partial charge in [-0.15, -0.1) is 11.8 Å². The van der Waals surface area contributed by atoms with Crippen LogP contribution in [0.4, 0.5) is 18.9 Å². The lowest BCUT2D eigenvalue weighted by Gasteiger charge is -2.17. The number of halogens is 3. The summed E-state index contributed by atoms with van der Waals surface area (Å²) < 4.78 is 38.5. The number of nitrogens with zero attached hydrogens (tertiary/aromatic N) is 1. The number of carboxylic acids is 1. The van der Waals surface area contributed by atoms with Crippen LogP contribution in [0, 0.1) is 0 Å². The topological polar surface area (TPSA) is 57.6 Å². The van der Waals surface area contributed by atoms with Crippen LogP contribution < -0.4 is 4.90 Å². The van der Waals surface area contributed by atoms with Crippen LogP contribution in [0.5, 0.6) is 0 Å². The van der Waals surface area contributed by atoms with E-state index in [1.165, 1.54) is 28.8 Å². The molecule has 0 aromatic heterocycles. The average Bonchev–Trinajstić information content (AvgIpc) is 3.09. The van der Waals surface area contributed by atoms with Crippen molar-refractivity contribution < 1.29 is 27.9 Å².